The summed E-state index contributed by atoms with van der Waals surface area (Å²) in [6.45, 7) is 0. The largest absolute Gasteiger partial charge is 0.322 e. The van der Waals surface area contributed by atoms with Crippen molar-refractivity contribution in [2.24, 2.45) is 0 Å². The molecule has 146 valence electrons. The molecule has 3 aromatic carbocycles. The minimum Gasteiger partial charge on any atom is -0.322 e. The van der Waals surface area contributed by atoms with E-state index in [9.17, 15) is 9.59 Å². The summed E-state index contributed by atoms with van der Waals surface area (Å²) >= 11 is 0. The van der Waals surface area contributed by atoms with Crippen LogP contribution >= 0.6 is 0 Å². The van der Waals surface area contributed by atoms with Crippen LogP contribution in [-0.4, -0.2) is 16.1 Å². The first kappa shape index (κ1) is 19.1. The molecule has 0 aliphatic rings. The third kappa shape index (κ3) is 4.59. The maximum absolute atomic E-state index is 13.2. The molecule has 5 nitrogen and oxygen atoms in total. The summed E-state index contributed by atoms with van der Waals surface area (Å²) in [5.41, 5.74) is 4.12. The fraction of sp³-hybridized carbons (Fsp3) is 0. The van der Waals surface area contributed by atoms with Crippen LogP contribution in [0.2, 0.25) is 0 Å². The number of amides is 1. The number of benzene rings is 3. The highest BCUT2D eigenvalue weighted by molar-refractivity contribution is 6.29. The van der Waals surface area contributed by atoms with Crippen LogP contribution in [0.5, 0.6) is 0 Å². The second kappa shape index (κ2) is 8.84. The summed E-state index contributed by atoms with van der Waals surface area (Å²) in [7, 11) is 0. The highest BCUT2D eigenvalue weighted by Gasteiger charge is 2.13. The molecule has 1 heterocycles. The monoisotopic (exact) mass is 393 g/mol. The number of rotatable bonds is 5. The third-order valence-electron chi connectivity index (χ3n) is 4.54. The van der Waals surface area contributed by atoms with E-state index in [1.54, 1.807) is 6.07 Å². The lowest BCUT2D eigenvalue weighted by Crippen LogP contribution is -2.13. The Morgan fingerprint density at radius 1 is 0.833 bits per heavy atom. The van der Waals surface area contributed by atoms with Crippen molar-refractivity contribution in [1.82, 2.24) is 10.2 Å². The van der Waals surface area contributed by atoms with Gasteiger partial charge in [-0.05, 0) is 35.4 Å². The van der Waals surface area contributed by atoms with Gasteiger partial charge in [-0.15, -0.1) is 0 Å². The van der Waals surface area contributed by atoms with E-state index >= 15 is 0 Å². The zero-order valence-corrected chi connectivity index (χ0v) is 16.1. The Kier molecular flexibility index (Phi) is 5.62. The Morgan fingerprint density at radius 3 is 2.27 bits per heavy atom. The second-order valence-corrected chi connectivity index (χ2v) is 6.68. The second-order valence-electron chi connectivity index (χ2n) is 6.68. The number of H-pyrrole nitrogens is 1. The van der Waals surface area contributed by atoms with Gasteiger partial charge in [0, 0.05) is 22.9 Å². The Balaban J connectivity index is 1.65. The van der Waals surface area contributed by atoms with Gasteiger partial charge < -0.3 is 5.32 Å². The number of carbonyl (C=O) groups is 1. The number of anilines is 1. The van der Waals surface area contributed by atoms with Crippen molar-refractivity contribution in [2.75, 3.05) is 5.32 Å². The van der Waals surface area contributed by atoms with Gasteiger partial charge in [-0.1, -0.05) is 72.8 Å². The first-order chi connectivity index (χ1) is 14.7. The molecule has 1 aromatic heterocycles. The fourth-order valence-corrected chi connectivity index (χ4v) is 3.07. The highest BCUT2D eigenvalue weighted by Crippen LogP contribution is 2.23. The number of aromatic amines is 1. The topological polar surface area (TPSA) is 74.8 Å². The average molecular weight is 393 g/mol. The van der Waals surface area contributed by atoms with Crippen LogP contribution < -0.4 is 10.9 Å². The van der Waals surface area contributed by atoms with E-state index in [0.717, 1.165) is 16.7 Å². The molecule has 0 radical (unpaired) electrons. The van der Waals surface area contributed by atoms with E-state index in [4.69, 9.17) is 0 Å². The van der Waals surface area contributed by atoms with Crippen LogP contribution in [0.1, 0.15) is 11.1 Å². The predicted molar refractivity (Wildman–Crippen MR) is 120 cm³/mol. The van der Waals surface area contributed by atoms with Crippen molar-refractivity contribution in [3.05, 3.63) is 119 Å². The van der Waals surface area contributed by atoms with Gasteiger partial charge in [0.05, 0.1) is 5.69 Å². The van der Waals surface area contributed by atoms with E-state index < -0.39 is 0 Å². The quantitative estimate of drug-likeness (QED) is 0.384. The third-order valence-corrected chi connectivity index (χ3v) is 4.54. The Morgan fingerprint density at radius 2 is 1.57 bits per heavy atom. The zero-order valence-electron chi connectivity index (χ0n) is 16.1. The Labute approximate surface area is 173 Å². The van der Waals surface area contributed by atoms with E-state index in [1.165, 1.54) is 6.07 Å². The molecule has 4 rings (SSSR count). The number of hydrogen-bond acceptors (Lipinski definition) is 3. The molecule has 2 N–H and O–H groups in total. The molecule has 0 aliphatic carbocycles. The number of nitrogens with zero attached hydrogens (tertiary/aromatic N) is 1. The van der Waals surface area contributed by atoms with Crippen molar-refractivity contribution in [3.63, 3.8) is 0 Å². The number of hydrogen-bond donors (Lipinski definition) is 2. The standard InChI is InChI=1S/C25H19N3O2/c29-24-15-14-23(27-28-24)20-12-7-13-21(17-20)26-25(30)22(19-10-5-2-6-11-19)16-18-8-3-1-4-9-18/h1-17H,(H,26,30)(H,28,29)/b22-16-. The summed E-state index contributed by atoms with van der Waals surface area (Å²) in [6.07, 6.45) is 1.87. The van der Waals surface area contributed by atoms with Crippen LogP contribution in [0.25, 0.3) is 22.9 Å². The van der Waals surface area contributed by atoms with Gasteiger partial charge in [0.1, 0.15) is 0 Å². The predicted octanol–water partition coefficient (Wildman–Crippen LogP) is 4.62. The molecule has 0 fully saturated rings. The van der Waals surface area contributed by atoms with E-state index in [1.807, 2.05) is 91.0 Å². The minimum atomic E-state index is -0.262. The maximum Gasteiger partial charge on any atom is 0.264 e. The van der Waals surface area contributed by atoms with Crippen molar-refractivity contribution >= 4 is 23.2 Å². The highest BCUT2D eigenvalue weighted by atomic mass is 16.1. The van der Waals surface area contributed by atoms with Gasteiger partial charge in [-0.25, -0.2) is 5.10 Å². The van der Waals surface area contributed by atoms with Crippen molar-refractivity contribution in [3.8, 4) is 11.3 Å². The smallest absolute Gasteiger partial charge is 0.264 e. The lowest BCUT2D eigenvalue weighted by atomic mass is 10.0. The zero-order chi connectivity index (χ0) is 20.8. The summed E-state index contributed by atoms with van der Waals surface area (Å²) in [5, 5.41) is 9.44. The van der Waals surface area contributed by atoms with Gasteiger partial charge in [0.15, 0.2) is 0 Å². The number of nitrogens with one attached hydrogen (secondary N) is 2. The first-order valence-electron chi connectivity index (χ1n) is 9.49. The van der Waals surface area contributed by atoms with Gasteiger partial charge >= 0.3 is 0 Å². The Hall–Kier alpha value is -4.25. The van der Waals surface area contributed by atoms with Crippen molar-refractivity contribution < 1.29 is 4.79 Å². The molecular formula is C25H19N3O2. The molecule has 5 heteroatoms. The lowest BCUT2D eigenvalue weighted by molar-refractivity contribution is -0.111. The van der Waals surface area contributed by atoms with Crippen molar-refractivity contribution in [2.45, 2.75) is 0 Å². The molecule has 0 aliphatic heterocycles. The normalized spacial score (nSPS) is 11.1. The molecule has 0 unspecified atom stereocenters. The molecule has 1 amide bonds. The summed E-state index contributed by atoms with van der Waals surface area (Å²) in [4.78, 5) is 24.4. The van der Waals surface area contributed by atoms with Gasteiger partial charge in [-0.3, -0.25) is 9.59 Å². The Bertz CT molecular complexity index is 1230. The van der Waals surface area contributed by atoms with Crippen LogP contribution in [0.3, 0.4) is 0 Å². The van der Waals surface area contributed by atoms with Crippen molar-refractivity contribution in [1.29, 1.82) is 0 Å². The van der Waals surface area contributed by atoms with E-state index in [2.05, 4.69) is 15.5 Å². The lowest BCUT2D eigenvalue weighted by Gasteiger charge is -2.11. The fourth-order valence-electron chi connectivity index (χ4n) is 3.07. The molecule has 0 saturated heterocycles. The van der Waals surface area contributed by atoms with E-state index in [-0.39, 0.29) is 11.5 Å². The molecule has 0 bridgehead atoms. The maximum atomic E-state index is 13.2. The molecule has 0 spiro atoms. The number of carbonyl (C=O) groups excluding carboxylic acids is 1. The van der Waals surface area contributed by atoms with Crippen LogP contribution in [0.15, 0.2) is 102 Å². The summed E-state index contributed by atoms with van der Waals surface area (Å²) in [5.74, 6) is -0.211. The SMILES string of the molecule is O=C(Nc1cccc(-c2ccc(=O)[nH]n2)c1)/C(=C\c1ccccc1)c1ccccc1. The van der Waals surface area contributed by atoms with E-state index in [0.29, 0.717) is 17.0 Å². The molecule has 30 heavy (non-hydrogen) atoms. The molecule has 0 atom stereocenters. The van der Waals surface area contributed by atoms with Gasteiger partial charge in [0.2, 0.25) is 0 Å². The minimum absolute atomic E-state index is 0.211. The summed E-state index contributed by atoms with van der Waals surface area (Å²) < 4.78 is 0. The first-order valence-corrected chi connectivity index (χ1v) is 9.49. The molecular weight excluding hydrogens is 374 g/mol. The number of aromatic nitrogens is 2. The van der Waals surface area contributed by atoms with Crippen LogP contribution in [0.4, 0.5) is 5.69 Å². The van der Waals surface area contributed by atoms with Crippen LogP contribution in [-0.2, 0) is 4.79 Å². The molecule has 4 aromatic rings. The average Bonchev–Trinajstić information content (AvgIpc) is 2.79. The van der Waals surface area contributed by atoms with Gasteiger partial charge in [-0.2, -0.15) is 5.10 Å². The molecule has 0 saturated carbocycles. The van der Waals surface area contributed by atoms with Crippen LogP contribution in [0, 0.1) is 0 Å². The summed E-state index contributed by atoms with van der Waals surface area (Å²) in [6, 6.07) is 29.7. The van der Waals surface area contributed by atoms with Gasteiger partial charge in [0.25, 0.3) is 11.5 Å².